The molecule has 5 rings (SSSR count). The number of ether oxygens (including phenoxy) is 1. The Kier molecular flexibility index (Phi) is 7.44. The third kappa shape index (κ3) is 5.84. The first-order chi connectivity index (χ1) is 17.7. The molecule has 4 aromatic rings. The quantitative estimate of drug-likeness (QED) is 0.285. The number of carbonyl (C=O) groups is 1. The van der Waals surface area contributed by atoms with Gasteiger partial charge < -0.3 is 9.64 Å². The van der Waals surface area contributed by atoms with Crippen LogP contribution in [0.25, 0.3) is 0 Å². The van der Waals surface area contributed by atoms with Crippen molar-refractivity contribution in [1.29, 1.82) is 0 Å². The second kappa shape index (κ2) is 11.2. The fourth-order valence-electron chi connectivity index (χ4n) is 4.92. The molecular weight excluding hydrogens is 444 g/mol. The summed E-state index contributed by atoms with van der Waals surface area (Å²) in [6.45, 7) is 4.83. The van der Waals surface area contributed by atoms with Gasteiger partial charge >= 0.3 is 0 Å². The van der Waals surface area contributed by atoms with E-state index in [0.29, 0.717) is 0 Å². The molecule has 0 bridgehead atoms. The number of benzene rings is 4. The van der Waals surface area contributed by atoms with Crippen LogP contribution in [0, 0.1) is 6.92 Å². The second-order valence-corrected chi connectivity index (χ2v) is 9.45. The zero-order valence-electron chi connectivity index (χ0n) is 20.7. The van der Waals surface area contributed by atoms with E-state index in [4.69, 9.17) is 4.74 Å². The van der Waals surface area contributed by atoms with Gasteiger partial charge in [0.2, 0.25) is 0 Å². The molecule has 0 atom stereocenters. The first-order valence-corrected chi connectivity index (χ1v) is 12.7. The topological polar surface area (TPSA) is 32.8 Å². The van der Waals surface area contributed by atoms with Crippen LogP contribution in [-0.4, -0.2) is 29.9 Å². The first kappa shape index (κ1) is 23.8. The van der Waals surface area contributed by atoms with Crippen molar-refractivity contribution >= 4 is 11.6 Å². The molecule has 1 saturated heterocycles. The van der Waals surface area contributed by atoms with Crippen molar-refractivity contribution in [2.45, 2.75) is 32.4 Å². The van der Waals surface area contributed by atoms with Crippen LogP contribution in [0.15, 0.2) is 109 Å². The molecule has 4 aromatic carbocycles. The summed E-state index contributed by atoms with van der Waals surface area (Å²) in [6, 6.07) is 36.3. The maximum Gasteiger partial charge on any atom is 0.258 e. The highest BCUT2D eigenvalue weighted by molar-refractivity contribution is 6.06. The maximum atomic E-state index is 13.6. The molecule has 4 heteroatoms. The Balaban J connectivity index is 1.26. The van der Waals surface area contributed by atoms with Crippen LogP contribution in [0.5, 0.6) is 11.5 Å². The number of hydrogen-bond donors (Lipinski definition) is 0. The van der Waals surface area contributed by atoms with E-state index in [9.17, 15) is 4.79 Å². The predicted octanol–water partition coefficient (Wildman–Crippen LogP) is 7.10. The fraction of sp³-hybridized carbons (Fsp3) is 0.219. The average molecular weight is 477 g/mol. The molecule has 36 heavy (non-hydrogen) atoms. The standard InChI is InChI=1S/C32H32N2O2/c1-25-10-8-14-29(22-25)34(32(35)27-12-4-2-5-13-27)28-18-20-33(21-19-28)24-26-11-9-17-31(23-26)36-30-15-6-3-7-16-30/h2-17,22-23,28H,18-21,24H2,1H3. The van der Waals surface area contributed by atoms with Crippen LogP contribution in [0.4, 0.5) is 5.69 Å². The number of amides is 1. The molecule has 182 valence electrons. The minimum atomic E-state index is 0.0745. The van der Waals surface area contributed by atoms with Crippen molar-refractivity contribution in [2.24, 2.45) is 0 Å². The smallest absolute Gasteiger partial charge is 0.258 e. The first-order valence-electron chi connectivity index (χ1n) is 12.7. The lowest BCUT2D eigenvalue weighted by Gasteiger charge is -2.39. The van der Waals surface area contributed by atoms with E-state index in [1.165, 1.54) is 5.56 Å². The van der Waals surface area contributed by atoms with Gasteiger partial charge in [0.05, 0.1) is 0 Å². The minimum Gasteiger partial charge on any atom is -0.457 e. The van der Waals surface area contributed by atoms with E-state index < -0.39 is 0 Å². The summed E-state index contributed by atoms with van der Waals surface area (Å²) in [7, 11) is 0. The number of carbonyl (C=O) groups excluding carboxylic acids is 1. The molecule has 0 N–H and O–H groups in total. The van der Waals surface area contributed by atoms with Gasteiger partial charge in [-0.2, -0.15) is 0 Å². The van der Waals surface area contributed by atoms with E-state index in [1.54, 1.807) is 0 Å². The maximum absolute atomic E-state index is 13.6. The Hall–Kier alpha value is -3.89. The summed E-state index contributed by atoms with van der Waals surface area (Å²) in [6.07, 6.45) is 1.87. The summed E-state index contributed by atoms with van der Waals surface area (Å²) >= 11 is 0. The fourth-order valence-corrected chi connectivity index (χ4v) is 4.92. The monoisotopic (exact) mass is 476 g/mol. The Morgan fingerprint density at radius 2 is 1.47 bits per heavy atom. The highest BCUT2D eigenvalue weighted by atomic mass is 16.5. The van der Waals surface area contributed by atoms with Crippen molar-refractivity contribution in [3.05, 3.63) is 126 Å². The van der Waals surface area contributed by atoms with Gasteiger partial charge in [-0.25, -0.2) is 0 Å². The Morgan fingerprint density at radius 1 is 0.806 bits per heavy atom. The molecule has 1 amide bonds. The van der Waals surface area contributed by atoms with Gasteiger partial charge in [0.25, 0.3) is 5.91 Å². The van der Waals surface area contributed by atoms with Gasteiger partial charge in [0, 0.05) is 36.9 Å². The van der Waals surface area contributed by atoms with Crippen molar-refractivity contribution in [3.63, 3.8) is 0 Å². The van der Waals surface area contributed by atoms with Gasteiger partial charge in [-0.05, 0) is 79.4 Å². The zero-order valence-corrected chi connectivity index (χ0v) is 20.7. The van der Waals surface area contributed by atoms with E-state index in [2.05, 4.69) is 48.2 Å². The molecule has 0 saturated carbocycles. The summed E-state index contributed by atoms with van der Waals surface area (Å²) in [5, 5.41) is 0. The highest BCUT2D eigenvalue weighted by Crippen LogP contribution is 2.28. The van der Waals surface area contributed by atoms with Crippen molar-refractivity contribution < 1.29 is 9.53 Å². The SMILES string of the molecule is Cc1cccc(N(C(=O)c2ccccc2)C2CCN(Cc3cccc(Oc4ccccc4)c3)CC2)c1. The molecule has 0 aromatic heterocycles. The lowest BCUT2D eigenvalue weighted by Crippen LogP contribution is -2.47. The molecule has 0 radical (unpaired) electrons. The Morgan fingerprint density at radius 3 is 2.19 bits per heavy atom. The minimum absolute atomic E-state index is 0.0745. The molecule has 0 spiro atoms. The summed E-state index contributed by atoms with van der Waals surface area (Å²) in [5.41, 5.74) is 4.11. The van der Waals surface area contributed by atoms with Crippen molar-refractivity contribution in [3.8, 4) is 11.5 Å². The molecule has 1 aliphatic rings. The van der Waals surface area contributed by atoms with Crippen LogP contribution < -0.4 is 9.64 Å². The molecule has 1 fully saturated rings. The molecule has 0 aliphatic carbocycles. The van der Waals surface area contributed by atoms with E-state index >= 15 is 0 Å². The summed E-state index contributed by atoms with van der Waals surface area (Å²) < 4.78 is 6.02. The molecular formula is C32H32N2O2. The number of rotatable bonds is 7. The summed E-state index contributed by atoms with van der Waals surface area (Å²) in [5.74, 6) is 1.77. The van der Waals surface area contributed by atoms with Crippen LogP contribution in [-0.2, 0) is 6.54 Å². The van der Waals surface area contributed by atoms with Gasteiger partial charge in [-0.3, -0.25) is 9.69 Å². The number of likely N-dealkylation sites (tertiary alicyclic amines) is 1. The largest absolute Gasteiger partial charge is 0.457 e. The van der Waals surface area contributed by atoms with Gasteiger partial charge in [-0.15, -0.1) is 0 Å². The van der Waals surface area contributed by atoms with Crippen LogP contribution in [0.3, 0.4) is 0 Å². The number of nitrogens with zero attached hydrogens (tertiary/aromatic N) is 2. The van der Waals surface area contributed by atoms with Crippen LogP contribution >= 0.6 is 0 Å². The third-order valence-electron chi connectivity index (χ3n) is 6.73. The van der Waals surface area contributed by atoms with Gasteiger partial charge in [-0.1, -0.05) is 60.7 Å². The van der Waals surface area contributed by atoms with E-state index in [-0.39, 0.29) is 11.9 Å². The van der Waals surface area contributed by atoms with Crippen molar-refractivity contribution in [2.75, 3.05) is 18.0 Å². The number of anilines is 1. The lowest BCUT2D eigenvalue weighted by atomic mass is 9.99. The molecule has 4 nitrogen and oxygen atoms in total. The van der Waals surface area contributed by atoms with E-state index in [0.717, 1.165) is 60.8 Å². The predicted molar refractivity (Wildman–Crippen MR) is 146 cm³/mol. The number of piperidine rings is 1. The molecule has 0 unspecified atom stereocenters. The second-order valence-electron chi connectivity index (χ2n) is 9.45. The van der Waals surface area contributed by atoms with Gasteiger partial charge in [0.1, 0.15) is 11.5 Å². The van der Waals surface area contributed by atoms with E-state index in [1.807, 2.05) is 77.7 Å². The molecule has 1 heterocycles. The number of hydrogen-bond acceptors (Lipinski definition) is 3. The third-order valence-corrected chi connectivity index (χ3v) is 6.73. The number of para-hydroxylation sites is 1. The Labute approximate surface area is 213 Å². The number of aryl methyl sites for hydroxylation is 1. The average Bonchev–Trinajstić information content (AvgIpc) is 2.91. The molecule has 1 aliphatic heterocycles. The lowest BCUT2D eigenvalue weighted by molar-refractivity contribution is 0.0958. The van der Waals surface area contributed by atoms with Crippen molar-refractivity contribution in [1.82, 2.24) is 4.90 Å². The Bertz CT molecular complexity index is 1280. The normalized spacial score (nSPS) is 14.4. The van der Waals surface area contributed by atoms with Crippen LogP contribution in [0.2, 0.25) is 0 Å². The zero-order chi connectivity index (χ0) is 24.7. The highest BCUT2D eigenvalue weighted by Gasteiger charge is 2.30. The van der Waals surface area contributed by atoms with Crippen LogP contribution in [0.1, 0.15) is 34.3 Å². The van der Waals surface area contributed by atoms with Gasteiger partial charge in [0.15, 0.2) is 0 Å². The summed E-state index contributed by atoms with van der Waals surface area (Å²) in [4.78, 5) is 18.1.